The number of amides is 2. The van der Waals surface area contributed by atoms with E-state index < -0.39 is 0 Å². The summed E-state index contributed by atoms with van der Waals surface area (Å²) in [5, 5.41) is 5.12. The van der Waals surface area contributed by atoms with Crippen LogP contribution in [0.5, 0.6) is 0 Å². The van der Waals surface area contributed by atoms with Gasteiger partial charge in [0.2, 0.25) is 0 Å². The van der Waals surface area contributed by atoms with E-state index in [0.717, 1.165) is 31.6 Å². The van der Waals surface area contributed by atoms with Gasteiger partial charge in [0.1, 0.15) is 0 Å². The molecule has 3 rings (SSSR count). The first kappa shape index (κ1) is 19.9. The van der Waals surface area contributed by atoms with Gasteiger partial charge < -0.3 is 19.9 Å². The molecule has 0 spiro atoms. The third-order valence-electron chi connectivity index (χ3n) is 4.63. The maximum atomic E-state index is 12.8. The van der Waals surface area contributed by atoms with Gasteiger partial charge in [-0.3, -0.25) is 0 Å². The van der Waals surface area contributed by atoms with E-state index in [0.29, 0.717) is 19.6 Å². The number of nitrogens with zero attached hydrogens (tertiary/aromatic N) is 2. The zero-order valence-corrected chi connectivity index (χ0v) is 17.0. The lowest BCUT2D eigenvalue weighted by molar-refractivity contribution is 0.0796. The van der Waals surface area contributed by atoms with Crippen molar-refractivity contribution in [2.24, 2.45) is 0 Å². The van der Waals surface area contributed by atoms with Gasteiger partial charge in [-0.05, 0) is 49.5 Å². The third kappa shape index (κ3) is 6.34. The number of benzene rings is 1. The Balaban J connectivity index is 1.56. The predicted octanol–water partition coefficient (Wildman–Crippen LogP) is 3.70. The normalized spacial score (nSPS) is 16.6. The molecule has 146 valence electrons. The molecule has 1 aromatic carbocycles. The number of ether oxygens (including phenoxy) is 1. The third-order valence-corrected chi connectivity index (χ3v) is 5.49. The molecule has 0 saturated carbocycles. The molecule has 27 heavy (non-hydrogen) atoms. The van der Waals surface area contributed by atoms with Gasteiger partial charge in [-0.25, -0.2) is 4.79 Å². The van der Waals surface area contributed by atoms with Crippen molar-refractivity contribution < 1.29 is 9.53 Å². The first-order valence-electron chi connectivity index (χ1n) is 9.49. The topological polar surface area (TPSA) is 44.8 Å². The summed E-state index contributed by atoms with van der Waals surface area (Å²) in [6, 6.07) is 12.5. The highest BCUT2D eigenvalue weighted by atomic mass is 32.1. The Morgan fingerprint density at radius 1 is 1.19 bits per heavy atom. The molecule has 6 heteroatoms. The van der Waals surface area contributed by atoms with Gasteiger partial charge in [-0.1, -0.05) is 30.3 Å². The molecule has 1 aromatic heterocycles. The van der Waals surface area contributed by atoms with Crippen LogP contribution < -0.4 is 5.32 Å². The fourth-order valence-electron chi connectivity index (χ4n) is 3.26. The molecule has 1 unspecified atom stereocenters. The maximum absolute atomic E-state index is 12.8. The number of urea groups is 1. The fraction of sp³-hybridized carbons (Fsp3) is 0.476. The lowest BCUT2D eigenvalue weighted by Crippen LogP contribution is -2.42. The van der Waals surface area contributed by atoms with Crippen LogP contribution in [0.1, 0.15) is 28.8 Å². The van der Waals surface area contributed by atoms with E-state index >= 15 is 0 Å². The summed E-state index contributed by atoms with van der Waals surface area (Å²) in [5.41, 5.74) is 2.38. The van der Waals surface area contributed by atoms with Gasteiger partial charge in [-0.15, -0.1) is 11.3 Å². The Labute approximate surface area is 165 Å². The van der Waals surface area contributed by atoms with Crippen LogP contribution in [0, 0.1) is 0 Å². The second-order valence-corrected chi connectivity index (χ2v) is 8.34. The summed E-state index contributed by atoms with van der Waals surface area (Å²) in [4.78, 5) is 18.0. The van der Waals surface area contributed by atoms with E-state index in [-0.39, 0.29) is 12.1 Å². The Kier molecular flexibility index (Phi) is 7.26. The Morgan fingerprint density at radius 2 is 1.96 bits per heavy atom. The maximum Gasteiger partial charge on any atom is 0.318 e. The first-order chi connectivity index (χ1) is 13.1. The highest BCUT2D eigenvalue weighted by molar-refractivity contribution is 7.09. The van der Waals surface area contributed by atoms with Crippen LogP contribution in [0.4, 0.5) is 4.79 Å². The van der Waals surface area contributed by atoms with Gasteiger partial charge >= 0.3 is 6.03 Å². The van der Waals surface area contributed by atoms with Crippen molar-refractivity contribution in [2.75, 3.05) is 27.2 Å². The number of hydrogen-bond acceptors (Lipinski definition) is 4. The summed E-state index contributed by atoms with van der Waals surface area (Å²) in [5.74, 6) is 0. The molecule has 2 heterocycles. The quantitative estimate of drug-likeness (QED) is 0.751. The van der Waals surface area contributed by atoms with Crippen molar-refractivity contribution in [3.8, 4) is 0 Å². The van der Waals surface area contributed by atoms with Gasteiger partial charge in [0.25, 0.3) is 0 Å². The Hall–Kier alpha value is -1.89. The van der Waals surface area contributed by atoms with E-state index in [4.69, 9.17) is 4.74 Å². The number of rotatable bonds is 8. The van der Waals surface area contributed by atoms with Gasteiger partial charge in [0.05, 0.1) is 12.6 Å². The lowest BCUT2D eigenvalue weighted by Gasteiger charge is -2.25. The van der Waals surface area contributed by atoms with Crippen LogP contribution in [0.15, 0.2) is 41.8 Å². The predicted molar refractivity (Wildman–Crippen MR) is 110 cm³/mol. The van der Waals surface area contributed by atoms with E-state index in [2.05, 4.69) is 54.6 Å². The van der Waals surface area contributed by atoms with Crippen molar-refractivity contribution >= 4 is 17.4 Å². The van der Waals surface area contributed by atoms with Crippen LogP contribution >= 0.6 is 11.3 Å². The summed E-state index contributed by atoms with van der Waals surface area (Å²) in [7, 11) is 4.12. The Bertz CT molecular complexity index is 695. The highest BCUT2D eigenvalue weighted by Crippen LogP contribution is 2.17. The van der Waals surface area contributed by atoms with Gasteiger partial charge in [0, 0.05) is 31.1 Å². The number of hydrogen-bond donors (Lipinski definition) is 1. The van der Waals surface area contributed by atoms with Crippen LogP contribution in [0.3, 0.4) is 0 Å². The molecule has 1 aliphatic heterocycles. The van der Waals surface area contributed by atoms with Crippen molar-refractivity contribution in [1.82, 2.24) is 15.1 Å². The summed E-state index contributed by atoms with van der Waals surface area (Å²) in [6.45, 7) is 3.53. The second-order valence-electron chi connectivity index (χ2n) is 7.31. The number of carbonyl (C=O) groups excluding carboxylic acids is 1. The van der Waals surface area contributed by atoms with E-state index in [1.165, 1.54) is 10.4 Å². The van der Waals surface area contributed by atoms with Crippen LogP contribution in [0.2, 0.25) is 0 Å². The second kappa shape index (κ2) is 9.88. The number of carbonyl (C=O) groups is 1. The van der Waals surface area contributed by atoms with E-state index in [1.54, 1.807) is 11.3 Å². The molecule has 1 saturated heterocycles. The first-order valence-corrected chi connectivity index (χ1v) is 10.4. The average molecular weight is 388 g/mol. The number of nitrogens with one attached hydrogen (secondary N) is 1. The van der Waals surface area contributed by atoms with Crippen molar-refractivity contribution in [2.45, 2.75) is 38.6 Å². The summed E-state index contributed by atoms with van der Waals surface area (Å²) in [6.07, 6.45) is 2.26. The fourth-order valence-corrected chi connectivity index (χ4v) is 3.98. The minimum Gasteiger partial charge on any atom is -0.376 e. The Morgan fingerprint density at radius 3 is 2.59 bits per heavy atom. The molecule has 5 nitrogen and oxygen atoms in total. The highest BCUT2D eigenvalue weighted by Gasteiger charge is 2.23. The minimum absolute atomic E-state index is 0.0312. The molecule has 1 N–H and O–H groups in total. The van der Waals surface area contributed by atoms with Crippen LogP contribution in [-0.4, -0.2) is 49.2 Å². The summed E-state index contributed by atoms with van der Waals surface area (Å²) < 4.78 is 5.74. The van der Waals surface area contributed by atoms with Crippen molar-refractivity contribution in [3.05, 3.63) is 57.8 Å². The lowest BCUT2D eigenvalue weighted by atomic mass is 10.1. The molecule has 2 aromatic rings. The van der Waals surface area contributed by atoms with Gasteiger partial charge in [-0.2, -0.15) is 0 Å². The smallest absolute Gasteiger partial charge is 0.318 e. The molecular formula is C21H29N3O2S. The molecule has 1 fully saturated rings. The van der Waals surface area contributed by atoms with E-state index in [1.807, 2.05) is 16.3 Å². The molecule has 2 amide bonds. The average Bonchev–Trinajstić information content (AvgIpc) is 3.34. The van der Waals surface area contributed by atoms with Crippen molar-refractivity contribution in [1.29, 1.82) is 0 Å². The minimum atomic E-state index is -0.0312. The number of thiophene rings is 1. The standard InChI is InChI=1S/C21H29N3O2S/c1-23(2)14-18-9-7-17(8-10-18)13-22-21(25)24(15-19-5-3-11-26-19)16-20-6-4-12-27-20/h4,6-10,12,19H,3,5,11,13-16H2,1-2H3,(H,22,25). The SMILES string of the molecule is CN(C)Cc1ccc(CNC(=O)N(Cc2cccs2)CC2CCCO2)cc1. The van der Waals surface area contributed by atoms with Crippen LogP contribution in [-0.2, 0) is 24.4 Å². The van der Waals surface area contributed by atoms with Gasteiger partial charge in [0.15, 0.2) is 0 Å². The molecule has 1 aliphatic rings. The van der Waals surface area contributed by atoms with Crippen LogP contribution in [0.25, 0.3) is 0 Å². The van der Waals surface area contributed by atoms with E-state index in [9.17, 15) is 4.79 Å². The molecule has 1 atom stereocenters. The largest absolute Gasteiger partial charge is 0.376 e. The van der Waals surface area contributed by atoms with Crippen molar-refractivity contribution in [3.63, 3.8) is 0 Å². The zero-order chi connectivity index (χ0) is 19.1. The monoisotopic (exact) mass is 387 g/mol. The molecule has 0 aliphatic carbocycles. The zero-order valence-electron chi connectivity index (χ0n) is 16.2. The summed E-state index contributed by atoms with van der Waals surface area (Å²) >= 11 is 1.68. The molecule has 0 radical (unpaired) electrons. The molecular weight excluding hydrogens is 358 g/mol. The molecule has 0 bridgehead atoms.